The molecule has 1 fully saturated rings. The van der Waals surface area contributed by atoms with Gasteiger partial charge in [-0.15, -0.1) is 11.3 Å². The lowest BCUT2D eigenvalue weighted by atomic mass is 10.0. The predicted octanol–water partition coefficient (Wildman–Crippen LogP) is 3.35. The van der Waals surface area contributed by atoms with E-state index in [1.807, 2.05) is 11.3 Å². The number of rotatable bonds is 3. The van der Waals surface area contributed by atoms with Gasteiger partial charge in [0, 0.05) is 34.6 Å². The van der Waals surface area contributed by atoms with Crippen LogP contribution >= 0.6 is 33.9 Å². The number of nitrogens with one attached hydrogen (secondary N) is 1. The summed E-state index contributed by atoms with van der Waals surface area (Å²) in [6, 6.07) is 13.7. The summed E-state index contributed by atoms with van der Waals surface area (Å²) in [7, 11) is 0. The number of benzene rings is 1. The van der Waals surface area contributed by atoms with Gasteiger partial charge in [0.25, 0.3) is 0 Å². The molecule has 0 amide bonds. The number of thiophene rings is 1. The molecule has 1 aromatic carbocycles. The van der Waals surface area contributed by atoms with E-state index < -0.39 is 0 Å². The minimum atomic E-state index is 0.414. The molecule has 0 radical (unpaired) electrons. The van der Waals surface area contributed by atoms with Crippen LogP contribution in [0.15, 0.2) is 41.8 Å². The Bertz CT molecular complexity index is 521. The van der Waals surface area contributed by atoms with E-state index in [0.717, 1.165) is 26.2 Å². The highest BCUT2D eigenvalue weighted by Crippen LogP contribution is 2.32. The van der Waals surface area contributed by atoms with Crippen LogP contribution in [0.1, 0.15) is 16.5 Å². The van der Waals surface area contributed by atoms with E-state index >= 15 is 0 Å². The summed E-state index contributed by atoms with van der Waals surface area (Å²) in [6.07, 6.45) is 0. The van der Waals surface area contributed by atoms with Crippen molar-refractivity contribution in [2.75, 3.05) is 26.2 Å². The zero-order chi connectivity index (χ0) is 13.1. The van der Waals surface area contributed by atoms with Gasteiger partial charge in [0.1, 0.15) is 0 Å². The van der Waals surface area contributed by atoms with Crippen molar-refractivity contribution in [1.82, 2.24) is 10.2 Å². The molecule has 0 bridgehead atoms. The standard InChI is InChI=1S/C15H17IN2S/c16-13-4-1-3-12(11-13)15(14-5-2-10-19-14)18-8-6-17-7-9-18/h1-5,10-11,15,17H,6-9H2/t15-/m1/s1. The van der Waals surface area contributed by atoms with Crippen LogP contribution in [0, 0.1) is 3.57 Å². The number of nitrogens with zero attached hydrogens (tertiary/aromatic N) is 1. The van der Waals surface area contributed by atoms with E-state index in [9.17, 15) is 0 Å². The van der Waals surface area contributed by atoms with Gasteiger partial charge >= 0.3 is 0 Å². The second-order valence-electron chi connectivity index (χ2n) is 4.76. The summed E-state index contributed by atoms with van der Waals surface area (Å²) in [5, 5.41) is 5.62. The molecular weight excluding hydrogens is 367 g/mol. The number of halogens is 1. The van der Waals surface area contributed by atoms with Gasteiger partial charge in [-0.2, -0.15) is 0 Å². The Labute approximate surface area is 132 Å². The van der Waals surface area contributed by atoms with Crippen LogP contribution in [-0.4, -0.2) is 31.1 Å². The second-order valence-corrected chi connectivity index (χ2v) is 6.98. The van der Waals surface area contributed by atoms with Crippen molar-refractivity contribution in [3.05, 3.63) is 55.8 Å². The third-order valence-corrected chi connectivity index (χ3v) is 5.09. The largest absolute Gasteiger partial charge is 0.314 e. The highest BCUT2D eigenvalue weighted by molar-refractivity contribution is 14.1. The Morgan fingerprint density at radius 1 is 1.16 bits per heavy atom. The second kappa shape index (κ2) is 6.35. The minimum absolute atomic E-state index is 0.414. The molecule has 0 unspecified atom stereocenters. The average Bonchev–Trinajstić information content (AvgIpc) is 2.94. The Balaban J connectivity index is 1.96. The fourth-order valence-corrected chi connectivity index (χ4v) is 4.07. The van der Waals surface area contributed by atoms with Gasteiger partial charge in [-0.25, -0.2) is 0 Å². The molecule has 0 aliphatic carbocycles. The first-order chi connectivity index (χ1) is 9.34. The lowest BCUT2D eigenvalue weighted by molar-refractivity contribution is 0.200. The zero-order valence-corrected chi connectivity index (χ0v) is 13.7. The van der Waals surface area contributed by atoms with Crippen molar-refractivity contribution >= 4 is 33.9 Å². The van der Waals surface area contributed by atoms with Crippen molar-refractivity contribution in [3.63, 3.8) is 0 Å². The lowest BCUT2D eigenvalue weighted by Crippen LogP contribution is -2.45. The topological polar surface area (TPSA) is 15.3 Å². The van der Waals surface area contributed by atoms with Gasteiger partial charge in [-0.05, 0) is 51.7 Å². The summed E-state index contributed by atoms with van der Waals surface area (Å²) < 4.78 is 1.31. The molecule has 1 saturated heterocycles. The van der Waals surface area contributed by atoms with E-state index in [1.165, 1.54) is 14.0 Å². The maximum Gasteiger partial charge on any atom is 0.0697 e. The van der Waals surface area contributed by atoms with E-state index in [4.69, 9.17) is 0 Å². The van der Waals surface area contributed by atoms with Crippen molar-refractivity contribution in [2.24, 2.45) is 0 Å². The Kier molecular flexibility index (Phi) is 4.53. The molecule has 100 valence electrons. The number of piperazine rings is 1. The van der Waals surface area contributed by atoms with Crippen LogP contribution in [0.25, 0.3) is 0 Å². The van der Waals surface area contributed by atoms with Gasteiger partial charge < -0.3 is 5.32 Å². The quantitative estimate of drug-likeness (QED) is 0.817. The first-order valence-electron chi connectivity index (χ1n) is 6.58. The molecule has 1 aliphatic heterocycles. The first kappa shape index (κ1) is 13.5. The maximum absolute atomic E-state index is 3.44. The zero-order valence-electron chi connectivity index (χ0n) is 10.7. The third-order valence-electron chi connectivity index (χ3n) is 3.49. The predicted molar refractivity (Wildman–Crippen MR) is 89.8 cm³/mol. The molecule has 0 saturated carbocycles. The molecule has 1 aliphatic rings. The van der Waals surface area contributed by atoms with Crippen LogP contribution in [0.3, 0.4) is 0 Å². The summed E-state index contributed by atoms with van der Waals surface area (Å²) in [5.41, 5.74) is 1.41. The van der Waals surface area contributed by atoms with Gasteiger partial charge in [0.05, 0.1) is 6.04 Å². The molecule has 1 N–H and O–H groups in total. The smallest absolute Gasteiger partial charge is 0.0697 e. The summed E-state index contributed by atoms with van der Waals surface area (Å²) in [4.78, 5) is 4.04. The summed E-state index contributed by atoms with van der Waals surface area (Å²) >= 11 is 4.26. The van der Waals surface area contributed by atoms with E-state index in [1.54, 1.807) is 0 Å². The van der Waals surface area contributed by atoms with Crippen LogP contribution in [0.2, 0.25) is 0 Å². The monoisotopic (exact) mass is 384 g/mol. The SMILES string of the molecule is Ic1cccc([C@H](c2cccs2)N2CCNCC2)c1. The molecule has 19 heavy (non-hydrogen) atoms. The summed E-state index contributed by atoms with van der Waals surface area (Å²) in [5.74, 6) is 0. The molecule has 1 atom stereocenters. The van der Waals surface area contributed by atoms with Gasteiger partial charge in [0.2, 0.25) is 0 Å². The first-order valence-corrected chi connectivity index (χ1v) is 8.54. The number of hydrogen-bond acceptors (Lipinski definition) is 3. The van der Waals surface area contributed by atoms with Crippen molar-refractivity contribution in [2.45, 2.75) is 6.04 Å². The van der Waals surface area contributed by atoms with Crippen LogP contribution in [-0.2, 0) is 0 Å². The van der Waals surface area contributed by atoms with Crippen molar-refractivity contribution in [3.8, 4) is 0 Å². The Morgan fingerprint density at radius 3 is 2.68 bits per heavy atom. The van der Waals surface area contributed by atoms with Crippen LogP contribution < -0.4 is 5.32 Å². The van der Waals surface area contributed by atoms with Gasteiger partial charge in [0.15, 0.2) is 0 Å². The molecule has 4 heteroatoms. The highest BCUT2D eigenvalue weighted by Gasteiger charge is 2.24. The van der Waals surface area contributed by atoms with Gasteiger partial charge in [-0.1, -0.05) is 18.2 Å². The number of hydrogen-bond donors (Lipinski definition) is 1. The normalized spacial score (nSPS) is 18.4. The fourth-order valence-electron chi connectivity index (χ4n) is 2.62. The van der Waals surface area contributed by atoms with Gasteiger partial charge in [-0.3, -0.25) is 4.90 Å². The minimum Gasteiger partial charge on any atom is -0.314 e. The Hall–Kier alpha value is -0.430. The van der Waals surface area contributed by atoms with E-state index in [-0.39, 0.29) is 0 Å². The van der Waals surface area contributed by atoms with Crippen molar-refractivity contribution < 1.29 is 0 Å². The molecule has 2 aromatic rings. The van der Waals surface area contributed by atoms with Crippen molar-refractivity contribution in [1.29, 1.82) is 0 Å². The maximum atomic E-state index is 3.44. The van der Waals surface area contributed by atoms with Crippen LogP contribution in [0.5, 0.6) is 0 Å². The lowest BCUT2D eigenvalue weighted by Gasteiger charge is -2.34. The third kappa shape index (κ3) is 3.18. The molecule has 2 heterocycles. The molecule has 0 spiro atoms. The molecule has 1 aromatic heterocycles. The molecule has 3 rings (SSSR count). The highest BCUT2D eigenvalue weighted by atomic mass is 127. The molecule has 2 nitrogen and oxygen atoms in total. The summed E-state index contributed by atoms with van der Waals surface area (Å²) in [6.45, 7) is 4.42. The molecular formula is C15H17IN2S. The van der Waals surface area contributed by atoms with Crippen LogP contribution in [0.4, 0.5) is 0 Å². The van der Waals surface area contributed by atoms with E-state index in [2.05, 4.69) is 74.6 Å². The fraction of sp³-hybridized carbons (Fsp3) is 0.333. The average molecular weight is 384 g/mol. The van der Waals surface area contributed by atoms with E-state index in [0.29, 0.717) is 6.04 Å². The Morgan fingerprint density at radius 2 is 2.00 bits per heavy atom.